The maximum atomic E-state index is 13.2. The molecule has 0 bridgehead atoms. The minimum absolute atomic E-state index is 0.108. The van der Waals surface area contributed by atoms with Crippen molar-refractivity contribution < 1.29 is 17.9 Å². The summed E-state index contributed by atoms with van der Waals surface area (Å²) in [6.07, 6.45) is 0.859. The number of hydrogen-bond acceptors (Lipinski definition) is 4. The van der Waals surface area contributed by atoms with Gasteiger partial charge in [0.2, 0.25) is 15.9 Å². The molecule has 26 heavy (non-hydrogen) atoms. The van der Waals surface area contributed by atoms with Crippen molar-refractivity contribution in [3.05, 3.63) is 53.1 Å². The monoisotopic (exact) mass is 372 g/mol. The molecule has 4 rings (SSSR count). The fourth-order valence-corrected chi connectivity index (χ4v) is 5.41. The van der Waals surface area contributed by atoms with Crippen LogP contribution in [0, 0.1) is 0 Å². The molecular formula is C19H20N2O4S. The van der Waals surface area contributed by atoms with Crippen LogP contribution in [0.2, 0.25) is 0 Å². The van der Waals surface area contributed by atoms with Crippen LogP contribution in [0.5, 0.6) is 5.75 Å². The van der Waals surface area contributed by atoms with Gasteiger partial charge in [-0.15, -0.1) is 0 Å². The van der Waals surface area contributed by atoms with Crippen molar-refractivity contribution in [2.75, 3.05) is 19.0 Å². The highest BCUT2D eigenvalue weighted by atomic mass is 32.2. The number of rotatable bonds is 3. The Morgan fingerprint density at radius 3 is 2.73 bits per heavy atom. The Balaban J connectivity index is 1.68. The largest absolute Gasteiger partial charge is 0.497 e. The summed E-state index contributed by atoms with van der Waals surface area (Å²) in [6.45, 7) is 2.32. The van der Waals surface area contributed by atoms with Gasteiger partial charge in [-0.05, 0) is 60.4 Å². The number of fused-ring (bicyclic) bond motifs is 2. The first kappa shape index (κ1) is 17.1. The van der Waals surface area contributed by atoms with Gasteiger partial charge in [-0.25, -0.2) is 8.42 Å². The molecule has 1 amide bonds. The van der Waals surface area contributed by atoms with Crippen LogP contribution in [0.1, 0.15) is 29.7 Å². The highest BCUT2D eigenvalue weighted by molar-refractivity contribution is 7.89. The van der Waals surface area contributed by atoms with E-state index in [2.05, 4.69) is 5.32 Å². The van der Waals surface area contributed by atoms with Gasteiger partial charge in [-0.3, -0.25) is 4.79 Å². The second-order valence-corrected chi connectivity index (χ2v) is 8.54. The Hall–Kier alpha value is -2.38. The van der Waals surface area contributed by atoms with E-state index in [1.807, 2.05) is 25.1 Å². The number of nitrogens with one attached hydrogen (secondary N) is 1. The summed E-state index contributed by atoms with van der Waals surface area (Å²) >= 11 is 0. The molecule has 0 radical (unpaired) electrons. The first-order valence-electron chi connectivity index (χ1n) is 8.51. The van der Waals surface area contributed by atoms with Gasteiger partial charge < -0.3 is 10.1 Å². The van der Waals surface area contributed by atoms with Crippen LogP contribution in [-0.4, -0.2) is 32.3 Å². The molecule has 1 unspecified atom stereocenters. The van der Waals surface area contributed by atoms with Gasteiger partial charge >= 0.3 is 0 Å². The maximum Gasteiger partial charge on any atom is 0.243 e. The molecule has 2 aliphatic heterocycles. The van der Waals surface area contributed by atoms with Crippen molar-refractivity contribution in [3.63, 3.8) is 0 Å². The van der Waals surface area contributed by atoms with Gasteiger partial charge in [0.25, 0.3) is 0 Å². The van der Waals surface area contributed by atoms with Crippen molar-refractivity contribution in [1.29, 1.82) is 0 Å². The number of carbonyl (C=O) groups is 1. The smallest absolute Gasteiger partial charge is 0.243 e. The molecule has 0 fully saturated rings. The Labute approximate surface area is 152 Å². The fourth-order valence-electron chi connectivity index (χ4n) is 3.74. The predicted octanol–water partition coefficient (Wildman–Crippen LogP) is 2.50. The molecule has 2 aromatic rings. The van der Waals surface area contributed by atoms with Crippen molar-refractivity contribution in [3.8, 4) is 5.75 Å². The zero-order chi connectivity index (χ0) is 18.5. The third-order valence-corrected chi connectivity index (χ3v) is 7.11. The highest BCUT2D eigenvalue weighted by Gasteiger charge is 2.34. The van der Waals surface area contributed by atoms with Crippen LogP contribution in [0.15, 0.2) is 41.3 Å². The van der Waals surface area contributed by atoms with Crippen LogP contribution >= 0.6 is 0 Å². The van der Waals surface area contributed by atoms with Crippen molar-refractivity contribution >= 4 is 21.6 Å². The standard InChI is InChI=1S/C19H20N2O4S/c1-12-17-5-3-15(25-2)9-13(17)7-8-21(12)26(23,24)16-4-6-18-14(10-16)11-19(22)20-18/h3-6,9-10,12H,7-8,11H2,1-2H3,(H,20,22). The average molecular weight is 372 g/mol. The molecule has 136 valence electrons. The number of benzene rings is 2. The lowest BCUT2D eigenvalue weighted by atomic mass is 9.95. The van der Waals surface area contributed by atoms with Crippen molar-refractivity contribution in [2.24, 2.45) is 0 Å². The number of anilines is 1. The van der Waals surface area contributed by atoms with E-state index >= 15 is 0 Å². The van der Waals surface area contributed by atoms with E-state index in [1.165, 1.54) is 4.31 Å². The zero-order valence-corrected chi connectivity index (χ0v) is 15.5. The predicted molar refractivity (Wildman–Crippen MR) is 97.8 cm³/mol. The van der Waals surface area contributed by atoms with Gasteiger partial charge in [0.15, 0.2) is 0 Å². The Morgan fingerprint density at radius 1 is 1.15 bits per heavy atom. The summed E-state index contributed by atoms with van der Waals surface area (Å²) in [5, 5.41) is 2.73. The summed E-state index contributed by atoms with van der Waals surface area (Å²) in [6, 6.07) is 10.4. The summed E-state index contributed by atoms with van der Waals surface area (Å²) in [4.78, 5) is 11.8. The first-order chi connectivity index (χ1) is 12.4. The van der Waals surface area contributed by atoms with E-state index in [0.29, 0.717) is 18.7 Å². The van der Waals surface area contributed by atoms with E-state index < -0.39 is 10.0 Å². The summed E-state index contributed by atoms with van der Waals surface area (Å²) in [5.74, 6) is 0.673. The van der Waals surface area contributed by atoms with Crippen molar-refractivity contribution in [1.82, 2.24) is 4.31 Å². The molecule has 0 saturated carbocycles. The molecule has 0 saturated heterocycles. The summed E-state index contributed by atoms with van der Waals surface area (Å²) < 4.78 is 33.2. The SMILES string of the molecule is COc1ccc2c(c1)CCN(S(=O)(=O)c1ccc3c(c1)CC(=O)N3)C2C. The molecule has 0 aromatic heterocycles. The third-order valence-electron chi connectivity index (χ3n) is 5.14. The minimum atomic E-state index is -3.65. The Kier molecular flexibility index (Phi) is 4.00. The van der Waals surface area contributed by atoms with Gasteiger partial charge in [-0.1, -0.05) is 6.07 Å². The lowest BCUT2D eigenvalue weighted by Gasteiger charge is -2.34. The molecule has 1 N–H and O–H groups in total. The molecule has 1 atom stereocenters. The number of carbonyl (C=O) groups excluding carboxylic acids is 1. The number of nitrogens with zero attached hydrogens (tertiary/aromatic N) is 1. The number of hydrogen-bond donors (Lipinski definition) is 1. The van der Waals surface area contributed by atoms with E-state index in [0.717, 1.165) is 22.4 Å². The van der Waals surface area contributed by atoms with Crippen LogP contribution in [0.3, 0.4) is 0 Å². The van der Waals surface area contributed by atoms with Gasteiger partial charge in [0, 0.05) is 18.3 Å². The van der Waals surface area contributed by atoms with Gasteiger partial charge in [-0.2, -0.15) is 4.31 Å². The molecule has 2 aromatic carbocycles. The van der Waals surface area contributed by atoms with E-state index in [9.17, 15) is 13.2 Å². The minimum Gasteiger partial charge on any atom is -0.497 e. The zero-order valence-electron chi connectivity index (χ0n) is 14.7. The number of methoxy groups -OCH3 is 1. The van der Waals surface area contributed by atoms with Gasteiger partial charge in [0.05, 0.1) is 18.4 Å². The molecule has 2 heterocycles. The lowest BCUT2D eigenvalue weighted by molar-refractivity contribution is -0.115. The fraction of sp³-hybridized carbons (Fsp3) is 0.316. The average Bonchev–Trinajstić information content (AvgIpc) is 3.00. The van der Waals surface area contributed by atoms with Gasteiger partial charge in [0.1, 0.15) is 5.75 Å². The molecule has 7 heteroatoms. The topological polar surface area (TPSA) is 75.7 Å². The number of amides is 1. The lowest BCUT2D eigenvalue weighted by Crippen LogP contribution is -2.38. The first-order valence-corrected chi connectivity index (χ1v) is 9.95. The Bertz CT molecular complexity index is 1000. The van der Waals surface area contributed by atoms with E-state index in [-0.39, 0.29) is 23.3 Å². The quantitative estimate of drug-likeness (QED) is 0.898. The van der Waals surface area contributed by atoms with E-state index in [1.54, 1.807) is 25.3 Å². The number of sulfonamides is 1. The van der Waals surface area contributed by atoms with Crippen LogP contribution in [-0.2, 0) is 27.7 Å². The van der Waals surface area contributed by atoms with Crippen LogP contribution in [0.25, 0.3) is 0 Å². The maximum absolute atomic E-state index is 13.2. The molecular weight excluding hydrogens is 352 g/mol. The number of ether oxygens (including phenoxy) is 1. The Morgan fingerprint density at radius 2 is 1.96 bits per heavy atom. The highest BCUT2D eigenvalue weighted by Crippen LogP contribution is 2.36. The van der Waals surface area contributed by atoms with E-state index in [4.69, 9.17) is 4.74 Å². The normalized spacial score (nSPS) is 19.6. The van der Waals surface area contributed by atoms with Crippen LogP contribution < -0.4 is 10.1 Å². The van der Waals surface area contributed by atoms with Crippen molar-refractivity contribution in [2.45, 2.75) is 30.7 Å². The summed E-state index contributed by atoms with van der Waals surface area (Å²) in [5.41, 5.74) is 3.54. The second kappa shape index (κ2) is 6.10. The third kappa shape index (κ3) is 2.68. The molecule has 2 aliphatic rings. The van der Waals surface area contributed by atoms with Crippen LogP contribution in [0.4, 0.5) is 5.69 Å². The molecule has 6 nitrogen and oxygen atoms in total. The molecule has 0 aliphatic carbocycles. The summed E-state index contributed by atoms with van der Waals surface area (Å²) in [7, 11) is -2.02. The molecule has 0 spiro atoms. The second-order valence-electron chi connectivity index (χ2n) is 6.65.